The highest BCUT2D eigenvalue weighted by atomic mass is 16.5. The highest BCUT2D eigenvalue weighted by Crippen LogP contribution is 2.42. The van der Waals surface area contributed by atoms with Crippen molar-refractivity contribution in [2.24, 2.45) is 0 Å². The van der Waals surface area contributed by atoms with Gasteiger partial charge < -0.3 is 10.1 Å². The number of benzene rings is 2. The molecule has 1 heterocycles. The van der Waals surface area contributed by atoms with E-state index in [1.807, 2.05) is 49.4 Å². The van der Waals surface area contributed by atoms with Crippen molar-refractivity contribution >= 4 is 11.7 Å². The van der Waals surface area contributed by atoms with Gasteiger partial charge in [0, 0.05) is 30.0 Å². The maximum absolute atomic E-state index is 13.1. The number of hydrogen-bond acceptors (Lipinski definition) is 3. The number of rotatable bonds is 4. The summed E-state index contributed by atoms with van der Waals surface area (Å²) < 4.78 is 5.60. The predicted octanol–water partition coefficient (Wildman–Crippen LogP) is 4.09. The zero-order valence-electron chi connectivity index (χ0n) is 15.4. The van der Waals surface area contributed by atoms with Crippen LogP contribution in [0, 0.1) is 0 Å². The summed E-state index contributed by atoms with van der Waals surface area (Å²) in [7, 11) is 0. The van der Waals surface area contributed by atoms with Crippen LogP contribution in [0.15, 0.2) is 65.9 Å². The van der Waals surface area contributed by atoms with Crippen LogP contribution in [-0.4, -0.2) is 18.3 Å². The fourth-order valence-corrected chi connectivity index (χ4v) is 4.19. The molecule has 0 bridgehead atoms. The maximum Gasteiger partial charge on any atom is 0.225 e. The van der Waals surface area contributed by atoms with Crippen LogP contribution in [-0.2, 0) is 9.59 Å². The van der Waals surface area contributed by atoms with Crippen molar-refractivity contribution < 1.29 is 14.3 Å². The second-order valence-electron chi connectivity index (χ2n) is 7.14. The topological polar surface area (TPSA) is 55.4 Å². The molecule has 1 N–H and O–H groups in total. The van der Waals surface area contributed by atoms with E-state index in [-0.39, 0.29) is 23.5 Å². The summed E-state index contributed by atoms with van der Waals surface area (Å²) in [5.41, 5.74) is 3.68. The van der Waals surface area contributed by atoms with Gasteiger partial charge in [-0.3, -0.25) is 9.59 Å². The summed E-state index contributed by atoms with van der Waals surface area (Å²) in [6.45, 7) is 2.52. The van der Waals surface area contributed by atoms with Crippen molar-refractivity contribution in [2.75, 3.05) is 6.61 Å². The lowest BCUT2D eigenvalue weighted by Gasteiger charge is -2.34. The molecule has 0 spiro atoms. The number of ether oxygens (including phenoxy) is 1. The molecule has 0 saturated heterocycles. The van der Waals surface area contributed by atoms with E-state index < -0.39 is 0 Å². The zero-order valence-corrected chi connectivity index (χ0v) is 15.4. The van der Waals surface area contributed by atoms with Crippen LogP contribution in [0.4, 0.5) is 0 Å². The minimum absolute atomic E-state index is 0.0259. The Labute approximate surface area is 159 Å². The molecule has 1 amide bonds. The Bertz CT molecular complexity index is 901. The van der Waals surface area contributed by atoms with Gasteiger partial charge in [0.2, 0.25) is 5.91 Å². The molecule has 0 saturated carbocycles. The predicted molar refractivity (Wildman–Crippen MR) is 104 cm³/mol. The molecule has 4 heteroatoms. The van der Waals surface area contributed by atoms with Gasteiger partial charge in [-0.05, 0) is 42.5 Å². The molecule has 2 aromatic rings. The van der Waals surface area contributed by atoms with Crippen LogP contribution >= 0.6 is 0 Å². The van der Waals surface area contributed by atoms with E-state index in [1.165, 1.54) is 0 Å². The normalized spacial score (nSPS) is 22.3. The Morgan fingerprint density at radius 2 is 1.74 bits per heavy atom. The average molecular weight is 361 g/mol. The van der Waals surface area contributed by atoms with Crippen LogP contribution in [0.2, 0.25) is 0 Å². The summed E-state index contributed by atoms with van der Waals surface area (Å²) >= 11 is 0. The maximum atomic E-state index is 13.1. The number of carbonyl (C=O) groups excluding carboxylic acids is 2. The number of Topliss-reactive ketones (excluding diaryl/α,β-unsaturated/α-hetero) is 1. The standard InChI is InChI=1S/C23H23NO3/c1-2-27-18-10-6-9-16(11-18)19-14-22(26)24-20-12-17(13-21(25)23(19)20)15-7-4-3-5-8-15/h3-11,17,19H,2,12-14H2,1H3,(H,24,26). The van der Waals surface area contributed by atoms with Gasteiger partial charge in [0.15, 0.2) is 5.78 Å². The second-order valence-corrected chi connectivity index (χ2v) is 7.14. The summed E-state index contributed by atoms with van der Waals surface area (Å²) in [4.78, 5) is 25.4. The number of ketones is 1. The van der Waals surface area contributed by atoms with Gasteiger partial charge in [0.05, 0.1) is 6.61 Å². The fraction of sp³-hybridized carbons (Fsp3) is 0.304. The Kier molecular flexibility index (Phi) is 4.80. The molecule has 4 rings (SSSR count). The van der Waals surface area contributed by atoms with Crippen molar-refractivity contribution in [3.63, 3.8) is 0 Å². The van der Waals surface area contributed by atoms with Gasteiger partial charge in [0.25, 0.3) is 0 Å². The third kappa shape index (κ3) is 3.52. The van der Waals surface area contributed by atoms with Crippen LogP contribution in [0.5, 0.6) is 5.75 Å². The molecule has 0 fully saturated rings. The largest absolute Gasteiger partial charge is 0.494 e. The van der Waals surface area contributed by atoms with Gasteiger partial charge in [-0.15, -0.1) is 0 Å². The Morgan fingerprint density at radius 1 is 0.963 bits per heavy atom. The zero-order chi connectivity index (χ0) is 18.8. The van der Waals surface area contributed by atoms with Crippen molar-refractivity contribution in [2.45, 2.75) is 38.0 Å². The summed E-state index contributed by atoms with van der Waals surface area (Å²) in [6, 6.07) is 17.8. The number of hydrogen-bond donors (Lipinski definition) is 1. The van der Waals surface area contributed by atoms with Gasteiger partial charge in [-0.25, -0.2) is 0 Å². The Hall–Kier alpha value is -2.88. The van der Waals surface area contributed by atoms with E-state index in [2.05, 4.69) is 17.4 Å². The van der Waals surface area contributed by atoms with E-state index in [4.69, 9.17) is 4.74 Å². The van der Waals surface area contributed by atoms with E-state index in [0.717, 1.165) is 28.1 Å². The van der Waals surface area contributed by atoms with Gasteiger partial charge in [-0.2, -0.15) is 0 Å². The van der Waals surface area contributed by atoms with Gasteiger partial charge >= 0.3 is 0 Å². The molecule has 1 aliphatic carbocycles. The molecule has 4 nitrogen and oxygen atoms in total. The lowest BCUT2D eigenvalue weighted by molar-refractivity contribution is -0.122. The smallest absolute Gasteiger partial charge is 0.225 e. The Morgan fingerprint density at radius 3 is 2.52 bits per heavy atom. The van der Waals surface area contributed by atoms with Crippen molar-refractivity contribution in [1.29, 1.82) is 0 Å². The SMILES string of the molecule is CCOc1cccc(C2CC(=O)NC3=C2C(=O)CC(c2ccccc2)C3)c1. The highest BCUT2D eigenvalue weighted by molar-refractivity contribution is 6.02. The quantitative estimate of drug-likeness (QED) is 0.892. The van der Waals surface area contributed by atoms with Crippen LogP contribution in [0.3, 0.4) is 0 Å². The van der Waals surface area contributed by atoms with E-state index >= 15 is 0 Å². The van der Waals surface area contributed by atoms with Crippen LogP contribution < -0.4 is 10.1 Å². The number of carbonyl (C=O) groups is 2. The van der Waals surface area contributed by atoms with Crippen molar-refractivity contribution in [3.05, 3.63) is 77.0 Å². The van der Waals surface area contributed by atoms with Crippen molar-refractivity contribution in [3.8, 4) is 5.75 Å². The molecular formula is C23H23NO3. The van der Waals surface area contributed by atoms with Crippen LogP contribution in [0.25, 0.3) is 0 Å². The first kappa shape index (κ1) is 17.5. The first-order chi connectivity index (χ1) is 13.2. The lowest BCUT2D eigenvalue weighted by atomic mass is 9.73. The molecule has 0 aromatic heterocycles. The Balaban J connectivity index is 1.70. The molecule has 0 radical (unpaired) electrons. The van der Waals surface area contributed by atoms with Gasteiger partial charge in [-0.1, -0.05) is 42.5 Å². The third-order valence-corrected chi connectivity index (χ3v) is 5.38. The van der Waals surface area contributed by atoms with Gasteiger partial charge in [0.1, 0.15) is 5.75 Å². The summed E-state index contributed by atoms with van der Waals surface area (Å²) in [5, 5.41) is 2.98. The molecule has 27 heavy (non-hydrogen) atoms. The highest BCUT2D eigenvalue weighted by Gasteiger charge is 2.38. The molecule has 2 aliphatic rings. The lowest BCUT2D eigenvalue weighted by Crippen LogP contribution is -2.38. The molecule has 2 aromatic carbocycles. The minimum atomic E-state index is -0.196. The molecule has 2 atom stereocenters. The number of nitrogens with one attached hydrogen (secondary N) is 1. The first-order valence-corrected chi connectivity index (χ1v) is 9.49. The average Bonchev–Trinajstić information content (AvgIpc) is 2.68. The molecule has 2 unspecified atom stereocenters. The van der Waals surface area contributed by atoms with E-state index in [9.17, 15) is 9.59 Å². The van der Waals surface area contributed by atoms with E-state index in [0.29, 0.717) is 25.9 Å². The number of amides is 1. The summed E-state index contributed by atoms with van der Waals surface area (Å²) in [6.07, 6.45) is 1.48. The first-order valence-electron chi connectivity index (χ1n) is 9.49. The van der Waals surface area contributed by atoms with Crippen LogP contribution in [0.1, 0.15) is 49.1 Å². The monoisotopic (exact) mass is 361 g/mol. The minimum Gasteiger partial charge on any atom is -0.494 e. The fourth-order valence-electron chi connectivity index (χ4n) is 4.19. The van der Waals surface area contributed by atoms with Crippen molar-refractivity contribution in [1.82, 2.24) is 5.32 Å². The second kappa shape index (κ2) is 7.39. The summed E-state index contributed by atoms with van der Waals surface area (Å²) in [5.74, 6) is 0.803. The molecule has 1 aliphatic heterocycles. The third-order valence-electron chi connectivity index (χ3n) is 5.38. The molecular weight excluding hydrogens is 338 g/mol. The van der Waals surface area contributed by atoms with E-state index in [1.54, 1.807) is 0 Å². The number of allylic oxidation sites excluding steroid dienone is 2. The molecule has 138 valence electrons.